The summed E-state index contributed by atoms with van der Waals surface area (Å²) >= 11 is 0. The molecule has 0 aromatic heterocycles. The summed E-state index contributed by atoms with van der Waals surface area (Å²) in [7, 11) is 0. The first-order valence-electron chi connectivity index (χ1n) is 8.89. The average molecular weight is 360 g/mol. The van der Waals surface area contributed by atoms with Crippen molar-refractivity contribution in [2.24, 2.45) is 0 Å². The standard InChI is InChI=1S/C19H24N2O5/c1-19(2,3)25-18(24)20-12-8-10-13(11-9-12)26-21-16(22)14-6-4-5-7-15(14)17(21)23/h4-7,12-13H,8-11H2,1-3H3,(H,20,24)/t12-,13-. The van der Waals surface area contributed by atoms with E-state index in [9.17, 15) is 14.4 Å². The zero-order valence-corrected chi connectivity index (χ0v) is 15.3. The molecule has 3 rings (SSSR count). The molecular weight excluding hydrogens is 336 g/mol. The number of alkyl carbamates (subject to hydrolysis) is 1. The molecule has 0 radical (unpaired) electrons. The summed E-state index contributed by atoms with van der Waals surface area (Å²) < 4.78 is 5.26. The molecule has 1 aromatic carbocycles. The first-order valence-corrected chi connectivity index (χ1v) is 8.89. The van der Waals surface area contributed by atoms with Crippen LogP contribution in [0.15, 0.2) is 24.3 Å². The quantitative estimate of drug-likeness (QED) is 0.838. The lowest BCUT2D eigenvalue weighted by molar-refractivity contribution is -0.142. The molecule has 1 aliphatic heterocycles. The van der Waals surface area contributed by atoms with Crippen LogP contribution in [0.3, 0.4) is 0 Å². The van der Waals surface area contributed by atoms with Crippen LogP contribution in [0.25, 0.3) is 0 Å². The van der Waals surface area contributed by atoms with Crippen LogP contribution in [0.2, 0.25) is 0 Å². The van der Waals surface area contributed by atoms with Crippen molar-refractivity contribution in [3.8, 4) is 0 Å². The number of imide groups is 1. The fourth-order valence-electron chi connectivity index (χ4n) is 3.20. The van der Waals surface area contributed by atoms with Crippen molar-refractivity contribution >= 4 is 17.9 Å². The lowest BCUT2D eigenvalue weighted by atomic mass is 9.93. The third kappa shape index (κ3) is 4.04. The van der Waals surface area contributed by atoms with E-state index >= 15 is 0 Å². The number of rotatable bonds is 3. The van der Waals surface area contributed by atoms with E-state index in [0.29, 0.717) is 36.8 Å². The molecule has 1 aliphatic carbocycles. The molecule has 0 atom stereocenters. The lowest BCUT2D eigenvalue weighted by Crippen LogP contribution is -2.43. The molecule has 1 fully saturated rings. The number of amides is 3. The Morgan fingerprint density at radius 1 is 1.04 bits per heavy atom. The van der Waals surface area contributed by atoms with Gasteiger partial charge in [0.15, 0.2) is 0 Å². The molecule has 2 aliphatic rings. The van der Waals surface area contributed by atoms with Gasteiger partial charge in [-0.15, -0.1) is 5.06 Å². The molecule has 3 amide bonds. The van der Waals surface area contributed by atoms with Gasteiger partial charge < -0.3 is 10.1 Å². The largest absolute Gasteiger partial charge is 0.444 e. The van der Waals surface area contributed by atoms with Crippen molar-refractivity contribution in [1.29, 1.82) is 0 Å². The fraction of sp³-hybridized carbons (Fsp3) is 0.526. The van der Waals surface area contributed by atoms with Gasteiger partial charge in [-0.1, -0.05) is 12.1 Å². The summed E-state index contributed by atoms with van der Waals surface area (Å²) in [5.74, 6) is -0.834. The Morgan fingerprint density at radius 2 is 1.58 bits per heavy atom. The second-order valence-corrected chi connectivity index (χ2v) is 7.68. The summed E-state index contributed by atoms with van der Waals surface area (Å²) in [6.45, 7) is 5.46. The van der Waals surface area contributed by atoms with E-state index in [1.54, 1.807) is 24.3 Å². The van der Waals surface area contributed by atoms with Crippen LogP contribution in [0.1, 0.15) is 67.2 Å². The van der Waals surface area contributed by atoms with Gasteiger partial charge in [0.25, 0.3) is 11.8 Å². The van der Waals surface area contributed by atoms with Gasteiger partial charge in [-0.25, -0.2) is 4.79 Å². The molecule has 1 N–H and O–H groups in total. The van der Waals surface area contributed by atoms with Crippen LogP contribution in [0.5, 0.6) is 0 Å². The van der Waals surface area contributed by atoms with Crippen LogP contribution in [-0.4, -0.2) is 40.7 Å². The molecule has 1 heterocycles. The van der Waals surface area contributed by atoms with E-state index in [1.807, 2.05) is 20.8 Å². The molecule has 1 aromatic rings. The van der Waals surface area contributed by atoms with Gasteiger partial charge >= 0.3 is 6.09 Å². The number of fused-ring (bicyclic) bond motifs is 1. The Balaban J connectivity index is 1.50. The second-order valence-electron chi connectivity index (χ2n) is 7.68. The first-order chi connectivity index (χ1) is 12.2. The zero-order valence-electron chi connectivity index (χ0n) is 15.3. The Bertz CT molecular complexity index is 682. The minimum Gasteiger partial charge on any atom is -0.444 e. The maximum Gasteiger partial charge on any atom is 0.407 e. The van der Waals surface area contributed by atoms with Crippen molar-refractivity contribution in [1.82, 2.24) is 10.4 Å². The number of hydrogen-bond donors (Lipinski definition) is 1. The predicted molar refractivity (Wildman–Crippen MR) is 93.4 cm³/mol. The Labute approximate surface area is 152 Å². The monoisotopic (exact) mass is 360 g/mol. The first kappa shape index (κ1) is 18.4. The third-order valence-corrected chi connectivity index (χ3v) is 4.41. The van der Waals surface area contributed by atoms with Crippen molar-refractivity contribution in [3.63, 3.8) is 0 Å². The number of hydroxylamine groups is 2. The van der Waals surface area contributed by atoms with Gasteiger partial charge in [0.1, 0.15) is 5.60 Å². The highest BCUT2D eigenvalue weighted by atomic mass is 16.7. The number of benzene rings is 1. The Morgan fingerprint density at radius 3 is 2.08 bits per heavy atom. The maximum absolute atomic E-state index is 12.3. The SMILES string of the molecule is CC(C)(C)OC(=O)N[C@H]1CC[C@H](ON2C(=O)c3ccccc3C2=O)CC1. The molecule has 0 spiro atoms. The zero-order chi connectivity index (χ0) is 18.9. The minimum absolute atomic E-state index is 0.00637. The minimum atomic E-state index is -0.532. The normalized spacial score (nSPS) is 23.0. The van der Waals surface area contributed by atoms with Crippen molar-refractivity contribution in [2.45, 2.75) is 64.2 Å². The van der Waals surface area contributed by atoms with Crippen LogP contribution >= 0.6 is 0 Å². The molecule has 26 heavy (non-hydrogen) atoms. The topological polar surface area (TPSA) is 84.9 Å². The van der Waals surface area contributed by atoms with Crippen LogP contribution < -0.4 is 5.32 Å². The summed E-state index contributed by atoms with van der Waals surface area (Å²) in [5.41, 5.74) is 0.214. The van der Waals surface area contributed by atoms with Gasteiger partial charge in [-0.05, 0) is 58.6 Å². The van der Waals surface area contributed by atoms with Gasteiger partial charge in [-0.3, -0.25) is 14.4 Å². The van der Waals surface area contributed by atoms with Crippen LogP contribution in [0.4, 0.5) is 4.79 Å². The molecule has 0 bridgehead atoms. The lowest BCUT2D eigenvalue weighted by Gasteiger charge is -2.31. The van der Waals surface area contributed by atoms with Crippen LogP contribution in [0, 0.1) is 0 Å². The third-order valence-electron chi connectivity index (χ3n) is 4.41. The van der Waals surface area contributed by atoms with Gasteiger partial charge in [0, 0.05) is 6.04 Å². The number of carbonyl (C=O) groups excluding carboxylic acids is 3. The summed E-state index contributed by atoms with van der Waals surface area (Å²) in [6.07, 6.45) is 2.04. The average Bonchev–Trinajstić information content (AvgIpc) is 2.80. The fourth-order valence-corrected chi connectivity index (χ4v) is 3.20. The maximum atomic E-state index is 12.3. The Kier molecular flexibility index (Phi) is 5.00. The van der Waals surface area contributed by atoms with Gasteiger partial charge in [-0.2, -0.15) is 0 Å². The smallest absolute Gasteiger partial charge is 0.407 e. The number of ether oxygens (including phenoxy) is 1. The second kappa shape index (κ2) is 7.07. The molecule has 0 unspecified atom stereocenters. The van der Waals surface area contributed by atoms with Gasteiger partial charge in [0.05, 0.1) is 17.2 Å². The molecule has 1 saturated carbocycles. The summed E-state index contributed by atoms with van der Waals surface area (Å²) in [5, 5.41) is 3.73. The highest BCUT2D eigenvalue weighted by Crippen LogP contribution is 2.27. The molecule has 7 nitrogen and oxygen atoms in total. The summed E-state index contributed by atoms with van der Waals surface area (Å²) in [6, 6.07) is 6.70. The van der Waals surface area contributed by atoms with E-state index in [-0.39, 0.29) is 12.1 Å². The van der Waals surface area contributed by atoms with Gasteiger partial charge in [0.2, 0.25) is 0 Å². The Hall–Kier alpha value is -2.41. The van der Waals surface area contributed by atoms with Crippen molar-refractivity contribution in [3.05, 3.63) is 35.4 Å². The van der Waals surface area contributed by atoms with E-state index in [1.165, 1.54) is 0 Å². The highest BCUT2D eigenvalue weighted by Gasteiger charge is 2.38. The van der Waals surface area contributed by atoms with Crippen molar-refractivity contribution < 1.29 is 24.0 Å². The van der Waals surface area contributed by atoms with E-state index < -0.39 is 23.5 Å². The van der Waals surface area contributed by atoms with E-state index in [4.69, 9.17) is 9.57 Å². The number of nitrogens with one attached hydrogen (secondary N) is 1. The summed E-state index contributed by atoms with van der Waals surface area (Å²) in [4.78, 5) is 42.2. The number of hydrogen-bond acceptors (Lipinski definition) is 5. The van der Waals surface area contributed by atoms with E-state index in [2.05, 4.69) is 5.32 Å². The predicted octanol–water partition coefficient (Wildman–Crippen LogP) is 3.05. The molecule has 0 saturated heterocycles. The van der Waals surface area contributed by atoms with Crippen LogP contribution in [-0.2, 0) is 9.57 Å². The van der Waals surface area contributed by atoms with E-state index in [0.717, 1.165) is 5.06 Å². The number of carbonyl (C=O) groups is 3. The van der Waals surface area contributed by atoms with Crippen molar-refractivity contribution in [2.75, 3.05) is 0 Å². The molecule has 140 valence electrons. The number of nitrogens with zero attached hydrogens (tertiary/aromatic N) is 1. The highest BCUT2D eigenvalue weighted by molar-refractivity contribution is 6.20. The molecular formula is C19H24N2O5. The molecule has 7 heteroatoms.